The fraction of sp³-hybridized carbons (Fsp3) is 0.320. The molecule has 0 aliphatic rings. The second kappa shape index (κ2) is 10.6. The molecule has 0 fully saturated rings. The van der Waals surface area contributed by atoms with Gasteiger partial charge >= 0.3 is 5.97 Å². The Morgan fingerprint density at radius 1 is 1.17 bits per heavy atom. The molecule has 3 aromatic rings. The number of hydrogen-bond donors (Lipinski definition) is 1. The first-order valence-electron chi connectivity index (χ1n) is 10.9. The zero-order chi connectivity index (χ0) is 25.9. The Bertz CT molecular complexity index is 1260. The Kier molecular flexibility index (Phi) is 7.83. The summed E-state index contributed by atoms with van der Waals surface area (Å²) in [4.78, 5) is 25.0. The van der Waals surface area contributed by atoms with Gasteiger partial charge in [0.1, 0.15) is 22.8 Å². The fourth-order valence-electron chi connectivity index (χ4n) is 3.66. The van der Waals surface area contributed by atoms with E-state index >= 15 is 0 Å². The standard InChI is InChI=1S/C25H26F3N3O4/c1-6-15-12-17(8-10-19(15)26)35-24-20(21(22(27)28)30-31(24)4)23(32)29-14(3)16-7-9-18(13(2)11-16)25(33)34-5/h7-12,14,22H,6H2,1-5H3,(H,29,32)/t14-/m0/s1. The number of esters is 1. The number of amides is 1. The number of rotatable bonds is 8. The summed E-state index contributed by atoms with van der Waals surface area (Å²) in [7, 11) is 2.66. The Morgan fingerprint density at radius 3 is 2.49 bits per heavy atom. The highest BCUT2D eigenvalue weighted by Crippen LogP contribution is 2.33. The average Bonchev–Trinajstić information content (AvgIpc) is 3.15. The van der Waals surface area contributed by atoms with Crippen LogP contribution in [0.3, 0.4) is 0 Å². The van der Waals surface area contributed by atoms with Gasteiger partial charge in [0.2, 0.25) is 5.88 Å². The van der Waals surface area contributed by atoms with Crippen LogP contribution in [-0.2, 0) is 18.2 Å². The molecule has 10 heteroatoms. The van der Waals surface area contributed by atoms with Crippen LogP contribution in [0.4, 0.5) is 13.2 Å². The number of alkyl halides is 2. The van der Waals surface area contributed by atoms with Crippen molar-refractivity contribution in [3.63, 3.8) is 0 Å². The van der Waals surface area contributed by atoms with E-state index in [1.54, 1.807) is 39.0 Å². The molecule has 0 spiro atoms. The third kappa shape index (κ3) is 5.47. The van der Waals surface area contributed by atoms with Crippen LogP contribution in [0.15, 0.2) is 36.4 Å². The van der Waals surface area contributed by atoms with Crippen molar-refractivity contribution >= 4 is 11.9 Å². The molecule has 0 aliphatic heterocycles. The van der Waals surface area contributed by atoms with Gasteiger partial charge in [0, 0.05) is 7.05 Å². The predicted octanol–water partition coefficient (Wildman–Crippen LogP) is 5.44. The lowest BCUT2D eigenvalue weighted by atomic mass is 10.0. The Morgan fingerprint density at radius 2 is 1.89 bits per heavy atom. The highest BCUT2D eigenvalue weighted by atomic mass is 19.3. The summed E-state index contributed by atoms with van der Waals surface area (Å²) in [5.74, 6) is -1.74. The molecule has 3 rings (SSSR count). The number of halogens is 3. The zero-order valence-electron chi connectivity index (χ0n) is 20.0. The van der Waals surface area contributed by atoms with Crippen LogP contribution in [0.5, 0.6) is 11.6 Å². The molecule has 1 heterocycles. The summed E-state index contributed by atoms with van der Waals surface area (Å²) in [5, 5.41) is 6.46. The third-order valence-electron chi connectivity index (χ3n) is 5.57. The van der Waals surface area contributed by atoms with E-state index in [0.29, 0.717) is 28.7 Å². The van der Waals surface area contributed by atoms with Crippen LogP contribution in [0, 0.1) is 12.7 Å². The second-order valence-corrected chi connectivity index (χ2v) is 7.96. The molecule has 0 bridgehead atoms. The van der Waals surface area contributed by atoms with Crippen molar-refractivity contribution in [1.29, 1.82) is 0 Å². The topological polar surface area (TPSA) is 82.4 Å². The molecular formula is C25H26F3N3O4. The minimum absolute atomic E-state index is 0.184. The van der Waals surface area contributed by atoms with E-state index in [4.69, 9.17) is 9.47 Å². The van der Waals surface area contributed by atoms with Crippen molar-refractivity contribution < 1.29 is 32.2 Å². The zero-order valence-corrected chi connectivity index (χ0v) is 20.0. The molecule has 0 saturated carbocycles. The molecule has 7 nitrogen and oxygen atoms in total. The van der Waals surface area contributed by atoms with Crippen molar-refractivity contribution in [3.05, 3.63) is 75.7 Å². The van der Waals surface area contributed by atoms with Crippen LogP contribution < -0.4 is 10.1 Å². The maximum Gasteiger partial charge on any atom is 0.338 e. The first kappa shape index (κ1) is 25.8. The van der Waals surface area contributed by atoms with E-state index in [0.717, 1.165) is 4.68 Å². The van der Waals surface area contributed by atoms with Gasteiger partial charge in [-0.2, -0.15) is 5.10 Å². The lowest BCUT2D eigenvalue weighted by Gasteiger charge is -2.17. The lowest BCUT2D eigenvalue weighted by molar-refractivity contribution is 0.0599. The van der Waals surface area contributed by atoms with Crippen LogP contribution >= 0.6 is 0 Å². The summed E-state index contributed by atoms with van der Waals surface area (Å²) < 4.78 is 52.9. The second-order valence-electron chi connectivity index (χ2n) is 7.96. The van der Waals surface area contributed by atoms with Crippen molar-refractivity contribution in [2.75, 3.05) is 7.11 Å². The number of aryl methyl sites for hydroxylation is 3. The molecule has 0 aliphatic carbocycles. The summed E-state index contributed by atoms with van der Waals surface area (Å²) in [6.07, 6.45) is -2.63. The van der Waals surface area contributed by atoms with Crippen LogP contribution in [0.2, 0.25) is 0 Å². The van der Waals surface area contributed by atoms with Gasteiger partial charge in [0.05, 0.1) is 18.7 Å². The van der Waals surface area contributed by atoms with E-state index in [9.17, 15) is 22.8 Å². The maximum atomic E-state index is 13.9. The van der Waals surface area contributed by atoms with Crippen molar-refractivity contribution in [1.82, 2.24) is 15.1 Å². The summed E-state index contributed by atoms with van der Waals surface area (Å²) in [5.41, 5.74) is 0.895. The van der Waals surface area contributed by atoms with Gasteiger partial charge < -0.3 is 14.8 Å². The van der Waals surface area contributed by atoms with Crippen molar-refractivity contribution in [2.45, 2.75) is 39.7 Å². The number of ether oxygens (including phenoxy) is 2. The number of nitrogens with one attached hydrogen (secondary N) is 1. The molecule has 1 N–H and O–H groups in total. The molecule has 0 radical (unpaired) electrons. The van der Waals surface area contributed by atoms with Gasteiger partial charge in [-0.1, -0.05) is 19.1 Å². The summed E-state index contributed by atoms with van der Waals surface area (Å²) in [6, 6.07) is 8.33. The van der Waals surface area contributed by atoms with Gasteiger partial charge in [0.25, 0.3) is 12.3 Å². The fourth-order valence-corrected chi connectivity index (χ4v) is 3.66. The van der Waals surface area contributed by atoms with E-state index in [2.05, 4.69) is 10.4 Å². The number of hydrogen-bond acceptors (Lipinski definition) is 5. The van der Waals surface area contributed by atoms with Crippen molar-refractivity contribution in [2.24, 2.45) is 7.05 Å². The molecule has 35 heavy (non-hydrogen) atoms. The molecule has 1 atom stereocenters. The SMILES string of the molecule is CCc1cc(Oc2c(C(=O)N[C@@H](C)c3ccc(C(=O)OC)c(C)c3)c(C(F)F)nn2C)ccc1F. The van der Waals surface area contributed by atoms with E-state index in [-0.39, 0.29) is 11.6 Å². The van der Waals surface area contributed by atoms with Gasteiger partial charge in [-0.05, 0) is 61.2 Å². The lowest BCUT2D eigenvalue weighted by Crippen LogP contribution is -2.28. The molecule has 1 aromatic heterocycles. The minimum atomic E-state index is -3.03. The highest BCUT2D eigenvalue weighted by molar-refractivity contribution is 5.98. The largest absolute Gasteiger partial charge is 0.465 e. The Labute approximate surface area is 200 Å². The average molecular weight is 489 g/mol. The smallest absolute Gasteiger partial charge is 0.338 e. The minimum Gasteiger partial charge on any atom is -0.465 e. The first-order chi connectivity index (χ1) is 16.6. The molecule has 186 valence electrons. The van der Waals surface area contributed by atoms with Crippen LogP contribution in [0.25, 0.3) is 0 Å². The number of benzene rings is 2. The van der Waals surface area contributed by atoms with Gasteiger partial charge in [-0.15, -0.1) is 0 Å². The first-order valence-corrected chi connectivity index (χ1v) is 10.9. The number of carbonyl (C=O) groups is 2. The molecule has 0 saturated heterocycles. The van der Waals surface area contributed by atoms with Gasteiger partial charge in [-0.25, -0.2) is 22.6 Å². The number of aromatic nitrogens is 2. The van der Waals surface area contributed by atoms with Crippen LogP contribution in [-0.4, -0.2) is 28.8 Å². The Hall–Kier alpha value is -3.82. The summed E-state index contributed by atoms with van der Waals surface area (Å²) in [6.45, 7) is 5.16. The van der Waals surface area contributed by atoms with Crippen molar-refractivity contribution in [3.8, 4) is 11.6 Å². The normalized spacial score (nSPS) is 11.9. The predicted molar refractivity (Wildman–Crippen MR) is 122 cm³/mol. The van der Waals surface area contributed by atoms with Gasteiger partial charge in [-0.3, -0.25) is 4.79 Å². The monoisotopic (exact) mass is 489 g/mol. The van der Waals surface area contributed by atoms with E-state index < -0.39 is 41.4 Å². The molecular weight excluding hydrogens is 463 g/mol. The number of nitrogens with zero attached hydrogens (tertiary/aromatic N) is 2. The Balaban J connectivity index is 1.92. The van der Waals surface area contributed by atoms with Crippen LogP contribution in [0.1, 0.15) is 69.4 Å². The van der Waals surface area contributed by atoms with E-state index in [1.807, 2.05) is 0 Å². The maximum absolute atomic E-state index is 13.9. The molecule has 2 aromatic carbocycles. The number of methoxy groups -OCH3 is 1. The highest BCUT2D eigenvalue weighted by Gasteiger charge is 2.30. The van der Waals surface area contributed by atoms with Gasteiger partial charge in [0.15, 0.2) is 0 Å². The molecule has 0 unspecified atom stereocenters. The number of carbonyl (C=O) groups excluding carboxylic acids is 2. The molecule has 1 amide bonds. The quantitative estimate of drug-likeness (QED) is 0.426. The third-order valence-corrected chi connectivity index (χ3v) is 5.57. The van der Waals surface area contributed by atoms with E-state index in [1.165, 1.54) is 32.4 Å². The summed E-state index contributed by atoms with van der Waals surface area (Å²) >= 11 is 0.